The van der Waals surface area contributed by atoms with Crippen molar-refractivity contribution in [2.24, 2.45) is 0 Å². The molecule has 0 fully saturated rings. The molecule has 1 aromatic heterocycles. The highest BCUT2D eigenvalue weighted by atomic mass is 14.9. The summed E-state index contributed by atoms with van der Waals surface area (Å²) in [7, 11) is 0. The minimum absolute atomic E-state index is 0.818. The highest BCUT2D eigenvalue weighted by Gasteiger charge is 2.03. The number of hydrogen-bond acceptors (Lipinski definition) is 2. The average molecular weight is 254 g/mol. The Balaban J connectivity index is 2.00. The van der Waals surface area contributed by atoms with E-state index >= 15 is 0 Å². The first-order valence-corrected chi connectivity index (χ1v) is 6.76. The van der Waals surface area contributed by atoms with Crippen LogP contribution in [0.4, 0.5) is 0 Å². The maximum atomic E-state index is 4.40. The first-order valence-electron chi connectivity index (χ1n) is 6.76. The van der Waals surface area contributed by atoms with Gasteiger partial charge < -0.3 is 5.32 Å². The van der Waals surface area contributed by atoms with E-state index in [1.807, 2.05) is 12.3 Å². The van der Waals surface area contributed by atoms with E-state index in [0.29, 0.717) is 0 Å². The van der Waals surface area contributed by atoms with Gasteiger partial charge in [-0.3, -0.25) is 4.98 Å². The molecule has 2 aromatic rings. The first kappa shape index (κ1) is 13.8. The summed E-state index contributed by atoms with van der Waals surface area (Å²) in [6.45, 7) is 10.3. The highest BCUT2D eigenvalue weighted by Crippen LogP contribution is 2.15. The van der Waals surface area contributed by atoms with Gasteiger partial charge in [-0.25, -0.2) is 0 Å². The number of aromatic nitrogens is 1. The number of aryl methyl sites for hydroxylation is 4. The Hall–Kier alpha value is -1.67. The van der Waals surface area contributed by atoms with E-state index in [0.717, 1.165) is 18.8 Å². The summed E-state index contributed by atoms with van der Waals surface area (Å²) in [6, 6.07) is 8.62. The van der Waals surface area contributed by atoms with Crippen molar-refractivity contribution in [2.75, 3.05) is 0 Å². The van der Waals surface area contributed by atoms with Crippen molar-refractivity contribution >= 4 is 0 Å². The van der Waals surface area contributed by atoms with Crippen molar-refractivity contribution in [3.63, 3.8) is 0 Å². The van der Waals surface area contributed by atoms with Crippen LogP contribution in [0.1, 0.15) is 33.5 Å². The molecule has 2 rings (SSSR count). The number of hydrogen-bond donors (Lipinski definition) is 1. The predicted molar refractivity (Wildman–Crippen MR) is 80.2 cm³/mol. The molecule has 1 aromatic carbocycles. The molecular formula is C17H22N2. The van der Waals surface area contributed by atoms with Crippen LogP contribution in [0.2, 0.25) is 0 Å². The van der Waals surface area contributed by atoms with Crippen LogP contribution in [0.3, 0.4) is 0 Å². The maximum Gasteiger partial charge on any atom is 0.0570 e. The van der Waals surface area contributed by atoms with E-state index in [1.165, 1.54) is 27.8 Å². The van der Waals surface area contributed by atoms with Gasteiger partial charge in [0.2, 0.25) is 0 Å². The first-order chi connectivity index (χ1) is 9.08. The highest BCUT2D eigenvalue weighted by molar-refractivity contribution is 5.36. The average Bonchev–Trinajstić information content (AvgIpc) is 2.38. The van der Waals surface area contributed by atoms with Crippen LogP contribution in [0.5, 0.6) is 0 Å². The quantitative estimate of drug-likeness (QED) is 0.901. The monoisotopic (exact) mass is 254 g/mol. The lowest BCUT2D eigenvalue weighted by Crippen LogP contribution is -2.15. The van der Waals surface area contributed by atoms with Crippen LogP contribution in [-0.4, -0.2) is 4.98 Å². The number of benzene rings is 1. The van der Waals surface area contributed by atoms with Gasteiger partial charge in [-0.05, 0) is 61.6 Å². The van der Waals surface area contributed by atoms with Crippen molar-refractivity contribution in [1.82, 2.24) is 10.3 Å². The Morgan fingerprint density at radius 1 is 0.895 bits per heavy atom. The Morgan fingerprint density at radius 3 is 2.37 bits per heavy atom. The third kappa shape index (κ3) is 3.42. The zero-order valence-electron chi connectivity index (χ0n) is 12.2. The van der Waals surface area contributed by atoms with Crippen LogP contribution in [0, 0.1) is 27.7 Å². The fraction of sp³-hybridized carbons (Fsp3) is 0.353. The molecule has 0 unspecified atom stereocenters. The van der Waals surface area contributed by atoms with Gasteiger partial charge in [-0.1, -0.05) is 18.2 Å². The lowest BCUT2D eigenvalue weighted by molar-refractivity contribution is 0.673. The van der Waals surface area contributed by atoms with Crippen LogP contribution in [0.25, 0.3) is 0 Å². The van der Waals surface area contributed by atoms with Crippen LogP contribution >= 0.6 is 0 Å². The minimum Gasteiger partial charge on any atom is -0.307 e. The van der Waals surface area contributed by atoms with Crippen LogP contribution in [0.15, 0.2) is 30.5 Å². The predicted octanol–water partition coefficient (Wildman–Crippen LogP) is 3.61. The van der Waals surface area contributed by atoms with Crippen molar-refractivity contribution in [3.8, 4) is 0 Å². The van der Waals surface area contributed by atoms with Crippen molar-refractivity contribution in [3.05, 3.63) is 64.0 Å². The van der Waals surface area contributed by atoms with E-state index in [9.17, 15) is 0 Å². The second kappa shape index (κ2) is 5.98. The van der Waals surface area contributed by atoms with E-state index in [-0.39, 0.29) is 0 Å². The van der Waals surface area contributed by atoms with Gasteiger partial charge in [0.25, 0.3) is 0 Å². The summed E-state index contributed by atoms with van der Waals surface area (Å²) < 4.78 is 0. The van der Waals surface area contributed by atoms with E-state index in [1.54, 1.807) is 0 Å². The van der Waals surface area contributed by atoms with Crippen LogP contribution < -0.4 is 5.32 Å². The molecule has 0 radical (unpaired) electrons. The Labute approximate surface area is 115 Å². The van der Waals surface area contributed by atoms with E-state index in [2.05, 4.69) is 56.2 Å². The molecule has 1 heterocycles. The molecule has 1 N–H and O–H groups in total. The van der Waals surface area contributed by atoms with Gasteiger partial charge in [0, 0.05) is 19.3 Å². The van der Waals surface area contributed by atoms with Gasteiger partial charge in [0.15, 0.2) is 0 Å². The van der Waals surface area contributed by atoms with Gasteiger partial charge >= 0.3 is 0 Å². The molecule has 100 valence electrons. The standard InChI is InChI=1S/C17H22N2/c1-12-6-5-7-19-17(12)11-18-10-16-9-14(3)13(2)8-15(16)4/h5-9,18H,10-11H2,1-4H3. The van der Waals surface area contributed by atoms with E-state index < -0.39 is 0 Å². The number of nitrogens with one attached hydrogen (secondary N) is 1. The van der Waals surface area contributed by atoms with Crippen molar-refractivity contribution in [2.45, 2.75) is 40.8 Å². The number of rotatable bonds is 4. The van der Waals surface area contributed by atoms with Crippen LogP contribution in [-0.2, 0) is 13.1 Å². The summed E-state index contributed by atoms with van der Waals surface area (Å²) in [6.07, 6.45) is 1.85. The van der Waals surface area contributed by atoms with E-state index in [4.69, 9.17) is 0 Å². The van der Waals surface area contributed by atoms with Gasteiger partial charge in [-0.15, -0.1) is 0 Å². The number of nitrogens with zero attached hydrogens (tertiary/aromatic N) is 1. The third-order valence-corrected chi connectivity index (χ3v) is 3.68. The molecule has 0 bridgehead atoms. The number of pyridine rings is 1. The molecule has 0 aliphatic rings. The largest absolute Gasteiger partial charge is 0.307 e. The Kier molecular flexibility index (Phi) is 4.33. The van der Waals surface area contributed by atoms with Gasteiger partial charge in [0.1, 0.15) is 0 Å². The second-order valence-electron chi connectivity index (χ2n) is 5.23. The summed E-state index contributed by atoms with van der Waals surface area (Å²) in [4.78, 5) is 4.40. The molecule has 19 heavy (non-hydrogen) atoms. The van der Waals surface area contributed by atoms with Gasteiger partial charge in [-0.2, -0.15) is 0 Å². The summed E-state index contributed by atoms with van der Waals surface area (Å²) in [5.41, 5.74) is 7.82. The second-order valence-corrected chi connectivity index (χ2v) is 5.23. The molecule has 0 amide bonds. The maximum absolute atomic E-state index is 4.40. The Bertz CT molecular complexity index is 573. The normalized spacial score (nSPS) is 10.7. The minimum atomic E-state index is 0.818. The lowest BCUT2D eigenvalue weighted by Gasteiger charge is -2.11. The molecule has 0 saturated carbocycles. The lowest BCUT2D eigenvalue weighted by atomic mass is 10.0. The smallest absolute Gasteiger partial charge is 0.0570 e. The summed E-state index contributed by atoms with van der Waals surface area (Å²) >= 11 is 0. The Morgan fingerprint density at radius 2 is 1.63 bits per heavy atom. The van der Waals surface area contributed by atoms with Crippen molar-refractivity contribution in [1.29, 1.82) is 0 Å². The molecule has 0 saturated heterocycles. The SMILES string of the molecule is Cc1cc(C)c(CNCc2ncccc2C)cc1C. The molecule has 2 heteroatoms. The molecule has 0 aliphatic heterocycles. The summed E-state index contributed by atoms with van der Waals surface area (Å²) in [5, 5.41) is 3.48. The zero-order valence-corrected chi connectivity index (χ0v) is 12.2. The molecular weight excluding hydrogens is 232 g/mol. The summed E-state index contributed by atoms with van der Waals surface area (Å²) in [5.74, 6) is 0. The van der Waals surface area contributed by atoms with Gasteiger partial charge in [0.05, 0.1) is 5.69 Å². The third-order valence-electron chi connectivity index (χ3n) is 3.68. The fourth-order valence-electron chi connectivity index (χ4n) is 2.23. The molecule has 0 atom stereocenters. The zero-order chi connectivity index (χ0) is 13.8. The van der Waals surface area contributed by atoms with Crippen molar-refractivity contribution < 1.29 is 0 Å². The fourth-order valence-corrected chi connectivity index (χ4v) is 2.23. The molecule has 2 nitrogen and oxygen atoms in total. The topological polar surface area (TPSA) is 24.9 Å². The molecule has 0 spiro atoms. The molecule has 0 aliphatic carbocycles.